The Morgan fingerprint density at radius 3 is 3.00 bits per heavy atom. The Balaban J connectivity index is 1.81. The second kappa shape index (κ2) is 5.13. The molecule has 0 radical (unpaired) electrons. The highest BCUT2D eigenvalue weighted by atomic mass is 32.1. The van der Waals surface area contributed by atoms with Crippen LogP contribution < -0.4 is 20.4 Å². The maximum absolute atomic E-state index is 5.87. The quantitative estimate of drug-likeness (QED) is 0.399. The van der Waals surface area contributed by atoms with E-state index in [1.54, 1.807) is 18.4 Å². The van der Waals surface area contributed by atoms with Gasteiger partial charge in [0.05, 0.1) is 24.5 Å². The summed E-state index contributed by atoms with van der Waals surface area (Å²) >= 11 is 1.59. The Morgan fingerprint density at radius 2 is 2.17 bits per heavy atom. The van der Waals surface area contributed by atoms with Gasteiger partial charge < -0.3 is 15.8 Å². The van der Waals surface area contributed by atoms with Crippen molar-refractivity contribution < 1.29 is 9.30 Å². The van der Waals surface area contributed by atoms with Gasteiger partial charge in [0.25, 0.3) is 0 Å². The molecule has 7 heteroatoms. The number of aromatic amines is 1. The number of hydrogen-bond donors (Lipinski definition) is 3. The Morgan fingerprint density at radius 1 is 1.30 bits per heavy atom. The molecule has 116 valence electrons. The van der Waals surface area contributed by atoms with Gasteiger partial charge in [-0.2, -0.15) is 0 Å². The molecule has 0 saturated carbocycles. The Bertz CT molecular complexity index is 1020. The van der Waals surface area contributed by atoms with Gasteiger partial charge in [0, 0.05) is 5.69 Å². The first kappa shape index (κ1) is 13.8. The zero-order valence-electron chi connectivity index (χ0n) is 12.8. The van der Waals surface area contributed by atoms with E-state index in [-0.39, 0.29) is 0 Å². The van der Waals surface area contributed by atoms with E-state index < -0.39 is 0 Å². The molecule has 4 rings (SSSR count). The monoisotopic (exact) mass is 326 g/mol. The average Bonchev–Trinajstić information content (AvgIpc) is 3.11. The minimum absolute atomic E-state index is 0.674. The van der Waals surface area contributed by atoms with Crippen LogP contribution in [-0.2, 0) is 7.05 Å². The van der Waals surface area contributed by atoms with Gasteiger partial charge in [-0.15, -0.1) is 0 Å². The minimum Gasteiger partial charge on any atom is -0.495 e. The second-order valence-electron chi connectivity index (χ2n) is 5.29. The SMILES string of the molecule is COc1ccc(N)cc1Nc1nc2c(ccc3c2[nH]c[n+]3C)s1. The molecular weight excluding hydrogens is 310 g/mol. The van der Waals surface area contributed by atoms with Crippen molar-refractivity contribution >= 4 is 49.1 Å². The Labute approximate surface area is 136 Å². The van der Waals surface area contributed by atoms with E-state index in [4.69, 9.17) is 15.5 Å². The number of nitrogens with one attached hydrogen (secondary N) is 2. The molecule has 2 aromatic carbocycles. The molecule has 0 fully saturated rings. The topological polar surface area (TPSA) is 79.8 Å². The number of methoxy groups -OCH3 is 1. The predicted molar refractivity (Wildman–Crippen MR) is 93.3 cm³/mol. The lowest BCUT2D eigenvalue weighted by molar-refractivity contribution is -0.644. The van der Waals surface area contributed by atoms with Crippen molar-refractivity contribution in [2.45, 2.75) is 0 Å². The lowest BCUT2D eigenvalue weighted by atomic mass is 10.2. The lowest BCUT2D eigenvalue weighted by Gasteiger charge is -2.09. The summed E-state index contributed by atoms with van der Waals surface area (Å²) in [6.07, 6.45) is 1.93. The van der Waals surface area contributed by atoms with Gasteiger partial charge in [0.2, 0.25) is 6.33 Å². The maximum Gasteiger partial charge on any atom is 0.242 e. The second-order valence-corrected chi connectivity index (χ2v) is 6.33. The molecule has 0 amide bonds. The van der Waals surface area contributed by atoms with Crippen LogP contribution in [0.15, 0.2) is 36.7 Å². The number of nitrogen functional groups attached to an aromatic ring is 1. The minimum atomic E-state index is 0.674. The number of H-pyrrole nitrogens is 1. The van der Waals surface area contributed by atoms with Gasteiger partial charge in [0.15, 0.2) is 16.2 Å². The van der Waals surface area contributed by atoms with Crippen LogP contribution in [0.4, 0.5) is 16.5 Å². The summed E-state index contributed by atoms with van der Waals surface area (Å²) in [5, 5.41) is 4.11. The molecule has 0 saturated heterocycles. The van der Waals surface area contributed by atoms with E-state index in [0.29, 0.717) is 5.69 Å². The molecule has 0 aliphatic heterocycles. The molecule has 0 spiro atoms. The van der Waals surface area contributed by atoms with Gasteiger partial charge >= 0.3 is 0 Å². The number of aromatic nitrogens is 3. The van der Waals surface area contributed by atoms with Crippen LogP contribution in [0, 0.1) is 0 Å². The molecule has 0 aliphatic carbocycles. The molecule has 4 N–H and O–H groups in total. The molecule has 0 bridgehead atoms. The number of fused-ring (bicyclic) bond motifs is 3. The number of nitrogens with two attached hydrogens (primary N) is 1. The number of anilines is 3. The van der Waals surface area contributed by atoms with Crippen LogP contribution in [-0.4, -0.2) is 17.1 Å². The van der Waals surface area contributed by atoms with Crippen molar-refractivity contribution in [3.05, 3.63) is 36.7 Å². The first-order valence-electron chi connectivity index (χ1n) is 7.12. The van der Waals surface area contributed by atoms with Crippen LogP contribution >= 0.6 is 11.3 Å². The van der Waals surface area contributed by atoms with E-state index in [1.165, 1.54) is 0 Å². The number of hydrogen-bond acceptors (Lipinski definition) is 5. The molecular formula is C16H16N5OS+. The summed E-state index contributed by atoms with van der Waals surface area (Å²) in [7, 11) is 3.64. The molecule has 0 atom stereocenters. The molecule has 4 aromatic rings. The van der Waals surface area contributed by atoms with Crippen LogP contribution in [0.25, 0.3) is 21.3 Å². The molecule has 0 unspecified atom stereocenters. The van der Waals surface area contributed by atoms with Crippen molar-refractivity contribution in [2.75, 3.05) is 18.2 Å². The first-order valence-corrected chi connectivity index (χ1v) is 7.94. The summed E-state index contributed by atoms with van der Waals surface area (Å²) in [5.74, 6) is 0.731. The van der Waals surface area contributed by atoms with Gasteiger partial charge in [-0.25, -0.2) is 14.5 Å². The number of ether oxygens (including phenoxy) is 1. The molecule has 23 heavy (non-hydrogen) atoms. The van der Waals surface area contributed by atoms with Crippen molar-refractivity contribution in [2.24, 2.45) is 7.05 Å². The third-order valence-corrected chi connectivity index (χ3v) is 4.72. The van der Waals surface area contributed by atoms with Gasteiger partial charge in [-0.1, -0.05) is 11.3 Å². The lowest BCUT2D eigenvalue weighted by Crippen LogP contribution is -2.24. The normalized spacial score (nSPS) is 11.2. The predicted octanol–water partition coefficient (Wildman–Crippen LogP) is 2.94. The molecule has 0 aliphatic rings. The number of aryl methyl sites for hydroxylation is 1. The van der Waals surface area contributed by atoms with Crippen LogP contribution in [0.5, 0.6) is 5.75 Å². The zero-order chi connectivity index (χ0) is 16.0. The average molecular weight is 326 g/mol. The van der Waals surface area contributed by atoms with Crippen LogP contribution in [0.1, 0.15) is 0 Å². The molecule has 6 nitrogen and oxygen atoms in total. The first-order chi connectivity index (χ1) is 11.2. The van der Waals surface area contributed by atoms with Crippen molar-refractivity contribution in [3.63, 3.8) is 0 Å². The van der Waals surface area contributed by atoms with Crippen molar-refractivity contribution in [1.29, 1.82) is 0 Å². The summed E-state index contributed by atoms with van der Waals surface area (Å²) in [6, 6.07) is 9.68. The van der Waals surface area contributed by atoms with E-state index in [2.05, 4.69) is 22.4 Å². The highest BCUT2D eigenvalue weighted by Gasteiger charge is 2.15. The fourth-order valence-electron chi connectivity index (χ4n) is 2.64. The molecule has 2 heterocycles. The van der Waals surface area contributed by atoms with Crippen molar-refractivity contribution in [3.8, 4) is 5.75 Å². The molecule has 2 aromatic heterocycles. The largest absolute Gasteiger partial charge is 0.495 e. The van der Waals surface area contributed by atoms with Crippen LogP contribution in [0.3, 0.4) is 0 Å². The standard InChI is InChI=1S/C16H15N5OS/c1-21-8-18-14-11(21)4-6-13-15(14)20-16(23-13)19-10-7-9(17)3-5-12(10)22-2/h3-8H,17H2,1-2H3,(H,19,20)/p+1. The van der Waals surface area contributed by atoms with Crippen LogP contribution in [0.2, 0.25) is 0 Å². The van der Waals surface area contributed by atoms with Gasteiger partial charge in [-0.05, 0) is 30.3 Å². The third kappa shape index (κ3) is 2.25. The highest BCUT2D eigenvalue weighted by Crippen LogP contribution is 2.35. The van der Waals surface area contributed by atoms with E-state index >= 15 is 0 Å². The Hall–Kier alpha value is -2.80. The van der Waals surface area contributed by atoms with E-state index in [9.17, 15) is 0 Å². The van der Waals surface area contributed by atoms with Gasteiger partial charge in [-0.3, -0.25) is 0 Å². The summed E-state index contributed by atoms with van der Waals surface area (Å²) in [4.78, 5) is 8.00. The number of imidazole rings is 1. The maximum atomic E-state index is 5.87. The zero-order valence-corrected chi connectivity index (χ0v) is 13.6. The third-order valence-electron chi connectivity index (χ3n) is 3.79. The smallest absolute Gasteiger partial charge is 0.242 e. The summed E-state index contributed by atoms with van der Waals surface area (Å²) in [6.45, 7) is 0. The number of thiazole rings is 1. The Kier molecular flexibility index (Phi) is 3.09. The van der Waals surface area contributed by atoms with Gasteiger partial charge in [0.1, 0.15) is 11.3 Å². The fraction of sp³-hybridized carbons (Fsp3) is 0.125. The summed E-state index contributed by atoms with van der Waals surface area (Å²) < 4.78 is 8.53. The summed E-state index contributed by atoms with van der Waals surface area (Å²) in [5.41, 5.74) is 10.5. The van der Waals surface area contributed by atoms with Crippen molar-refractivity contribution in [1.82, 2.24) is 9.97 Å². The number of rotatable bonds is 3. The van der Waals surface area contributed by atoms with E-state index in [1.807, 2.05) is 36.1 Å². The fourth-order valence-corrected chi connectivity index (χ4v) is 3.53. The number of benzene rings is 2. The highest BCUT2D eigenvalue weighted by molar-refractivity contribution is 7.22. The number of nitrogens with zero attached hydrogens (tertiary/aromatic N) is 2. The van der Waals surface area contributed by atoms with E-state index in [0.717, 1.165) is 37.8 Å².